The van der Waals surface area contributed by atoms with Gasteiger partial charge in [-0.25, -0.2) is 4.79 Å². The molecule has 0 unspecified atom stereocenters. The Morgan fingerprint density at radius 2 is 2.00 bits per heavy atom. The molecule has 1 rings (SSSR count). The number of alkyl carbamates (subject to hydrolysis) is 1. The topological polar surface area (TPSA) is 38.3 Å². The average molecular weight is 185 g/mol. The van der Waals surface area contributed by atoms with E-state index in [1.165, 1.54) is 0 Å². The van der Waals surface area contributed by atoms with Crippen LogP contribution in [0, 0.1) is 11.8 Å². The lowest BCUT2D eigenvalue weighted by atomic mass is 9.93. The van der Waals surface area contributed by atoms with Crippen LogP contribution in [0.3, 0.4) is 0 Å². The number of rotatable bonds is 3. The predicted molar refractivity (Wildman–Crippen MR) is 51.5 cm³/mol. The molecule has 0 aliphatic carbocycles. The van der Waals surface area contributed by atoms with Crippen LogP contribution in [0.2, 0.25) is 0 Å². The highest BCUT2D eigenvalue weighted by Gasteiger charge is 2.35. The second-order valence-electron chi connectivity index (χ2n) is 4.49. The molecule has 2 atom stereocenters. The van der Waals surface area contributed by atoms with Crippen LogP contribution in [-0.2, 0) is 4.74 Å². The summed E-state index contributed by atoms with van der Waals surface area (Å²) in [5.74, 6) is 1.01. The van der Waals surface area contributed by atoms with Gasteiger partial charge in [-0.15, -0.1) is 0 Å². The molecule has 13 heavy (non-hydrogen) atoms. The Hall–Kier alpha value is -0.730. The van der Waals surface area contributed by atoms with E-state index in [1.807, 2.05) is 0 Å². The van der Waals surface area contributed by atoms with Crippen LogP contribution < -0.4 is 5.32 Å². The Morgan fingerprint density at radius 1 is 1.38 bits per heavy atom. The van der Waals surface area contributed by atoms with Crippen molar-refractivity contribution in [2.45, 2.75) is 46.3 Å². The van der Waals surface area contributed by atoms with Crippen molar-refractivity contribution in [2.75, 3.05) is 0 Å². The zero-order valence-electron chi connectivity index (χ0n) is 8.83. The Labute approximate surface area is 79.8 Å². The summed E-state index contributed by atoms with van der Waals surface area (Å²) >= 11 is 0. The number of carbonyl (C=O) groups is 1. The van der Waals surface area contributed by atoms with Gasteiger partial charge in [0, 0.05) is 0 Å². The summed E-state index contributed by atoms with van der Waals surface area (Å²) in [4.78, 5) is 11.0. The standard InChI is InChI=1S/C10H19NO2/c1-6(2)5-8-9(7(3)4)11-10(12)13-8/h6-9H,5H2,1-4H3,(H,11,12)/t8-,9+/m0/s1. The van der Waals surface area contributed by atoms with Gasteiger partial charge in [0.2, 0.25) is 0 Å². The lowest BCUT2D eigenvalue weighted by Gasteiger charge is -2.21. The smallest absolute Gasteiger partial charge is 0.407 e. The van der Waals surface area contributed by atoms with E-state index >= 15 is 0 Å². The highest BCUT2D eigenvalue weighted by Crippen LogP contribution is 2.21. The van der Waals surface area contributed by atoms with Gasteiger partial charge in [-0.05, 0) is 18.3 Å². The first kappa shape index (κ1) is 10.4. The summed E-state index contributed by atoms with van der Waals surface area (Å²) in [5.41, 5.74) is 0. The molecule has 3 heteroatoms. The van der Waals surface area contributed by atoms with Crippen molar-refractivity contribution in [2.24, 2.45) is 11.8 Å². The molecule has 1 fully saturated rings. The molecule has 0 bridgehead atoms. The molecule has 0 saturated carbocycles. The molecule has 3 nitrogen and oxygen atoms in total. The third-order valence-corrected chi connectivity index (χ3v) is 2.37. The normalized spacial score (nSPS) is 28.0. The van der Waals surface area contributed by atoms with Crippen LogP contribution in [-0.4, -0.2) is 18.2 Å². The Morgan fingerprint density at radius 3 is 2.46 bits per heavy atom. The van der Waals surface area contributed by atoms with E-state index < -0.39 is 0 Å². The van der Waals surface area contributed by atoms with Crippen molar-refractivity contribution < 1.29 is 9.53 Å². The van der Waals surface area contributed by atoms with Crippen molar-refractivity contribution in [1.82, 2.24) is 5.32 Å². The highest BCUT2D eigenvalue weighted by atomic mass is 16.6. The van der Waals surface area contributed by atoms with E-state index in [1.54, 1.807) is 0 Å². The second kappa shape index (κ2) is 3.99. The molecule has 1 heterocycles. The Kier molecular flexibility index (Phi) is 3.17. The van der Waals surface area contributed by atoms with Gasteiger partial charge in [0.15, 0.2) is 0 Å². The molecule has 1 saturated heterocycles. The van der Waals surface area contributed by atoms with E-state index in [0.29, 0.717) is 11.8 Å². The fourth-order valence-corrected chi connectivity index (χ4v) is 1.73. The van der Waals surface area contributed by atoms with Crippen LogP contribution in [0.15, 0.2) is 0 Å². The Balaban J connectivity index is 2.55. The minimum atomic E-state index is -0.260. The number of hydrogen-bond acceptors (Lipinski definition) is 2. The van der Waals surface area contributed by atoms with Gasteiger partial charge in [-0.3, -0.25) is 0 Å². The van der Waals surface area contributed by atoms with Crippen LogP contribution in [0.4, 0.5) is 4.79 Å². The van der Waals surface area contributed by atoms with Gasteiger partial charge in [0.1, 0.15) is 6.10 Å². The molecule has 1 amide bonds. The van der Waals surface area contributed by atoms with Crippen molar-refractivity contribution in [1.29, 1.82) is 0 Å². The second-order valence-corrected chi connectivity index (χ2v) is 4.49. The van der Waals surface area contributed by atoms with E-state index in [9.17, 15) is 4.79 Å². The van der Waals surface area contributed by atoms with Gasteiger partial charge in [0.25, 0.3) is 0 Å². The molecule has 76 valence electrons. The molecule has 0 radical (unpaired) electrons. The summed E-state index contributed by atoms with van der Waals surface area (Å²) in [6.45, 7) is 8.49. The van der Waals surface area contributed by atoms with Gasteiger partial charge in [0.05, 0.1) is 6.04 Å². The molecule has 0 aromatic carbocycles. The summed E-state index contributed by atoms with van der Waals surface area (Å²) in [7, 11) is 0. The SMILES string of the molecule is CC(C)C[C@@H]1OC(=O)N[C@@H]1C(C)C. The van der Waals surface area contributed by atoms with E-state index in [2.05, 4.69) is 33.0 Å². The summed E-state index contributed by atoms with van der Waals surface area (Å²) in [5, 5.41) is 2.85. The van der Waals surface area contributed by atoms with E-state index in [0.717, 1.165) is 6.42 Å². The highest BCUT2D eigenvalue weighted by molar-refractivity contribution is 5.70. The fraction of sp³-hybridized carbons (Fsp3) is 0.900. The van der Waals surface area contributed by atoms with Crippen molar-refractivity contribution in [3.8, 4) is 0 Å². The largest absolute Gasteiger partial charge is 0.444 e. The summed E-state index contributed by atoms with van der Waals surface area (Å²) in [6, 6.07) is 0.190. The number of ether oxygens (including phenoxy) is 1. The third kappa shape index (κ3) is 2.61. The first-order valence-corrected chi connectivity index (χ1v) is 4.98. The maximum atomic E-state index is 11.0. The number of carbonyl (C=O) groups excluding carboxylic acids is 1. The molecule has 1 N–H and O–H groups in total. The maximum absolute atomic E-state index is 11.0. The van der Waals surface area contributed by atoms with Crippen molar-refractivity contribution in [3.63, 3.8) is 0 Å². The number of hydrogen-bond donors (Lipinski definition) is 1. The number of nitrogens with one attached hydrogen (secondary N) is 1. The minimum Gasteiger partial charge on any atom is -0.444 e. The minimum absolute atomic E-state index is 0.0625. The average Bonchev–Trinajstić information content (AvgIpc) is 2.29. The first-order chi connectivity index (χ1) is 6.00. The third-order valence-electron chi connectivity index (χ3n) is 2.37. The number of cyclic esters (lactones) is 1. The molecule has 0 spiro atoms. The molecule has 1 aliphatic heterocycles. The molecule has 0 aromatic heterocycles. The lowest BCUT2D eigenvalue weighted by Crippen LogP contribution is -2.36. The van der Waals surface area contributed by atoms with Crippen LogP contribution in [0.25, 0.3) is 0 Å². The van der Waals surface area contributed by atoms with E-state index in [4.69, 9.17) is 4.74 Å². The first-order valence-electron chi connectivity index (χ1n) is 4.98. The molecule has 0 aromatic rings. The monoisotopic (exact) mass is 185 g/mol. The zero-order valence-corrected chi connectivity index (χ0v) is 8.83. The van der Waals surface area contributed by atoms with Crippen molar-refractivity contribution >= 4 is 6.09 Å². The van der Waals surface area contributed by atoms with Crippen LogP contribution >= 0.6 is 0 Å². The molecular formula is C10H19NO2. The fourth-order valence-electron chi connectivity index (χ4n) is 1.73. The van der Waals surface area contributed by atoms with Crippen LogP contribution in [0.1, 0.15) is 34.1 Å². The van der Waals surface area contributed by atoms with Gasteiger partial charge in [-0.2, -0.15) is 0 Å². The molecular weight excluding hydrogens is 166 g/mol. The number of amides is 1. The van der Waals surface area contributed by atoms with Crippen LogP contribution in [0.5, 0.6) is 0 Å². The summed E-state index contributed by atoms with van der Waals surface area (Å²) < 4.78 is 5.20. The van der Waals surface area contributed by atoms with Crippen molar-refractivity contribution in [3.05, 3.63) is 0 Å². The summed E-state index contributed by atoms with van der Waals surface area (Å²) in [6.07, 6.45) is 0.749. The van der Waals surface area contributed by atoms with E-state index in [-0.39, 0.29) is 18.2 Å². The maximum Gasteiger partial charge on any atom is 0.407 e. The van der Waals surface area contributed by atoms with Gasteiger partial charge < -0.3 is 10.1 Å². The van der Waals surface area contributed by atoms with Gasteiger partial charge in [-0.1, -0.05) is 27.7 Å². The quantitative estimate of drug-likeness (QED) is 0.731. The Bertz CT molecular complexity index is 189. The zero-order chi connectivity index (χ0) is 10.0. The lowest BCUT2D eigenvalue weighted by molar-refractivity contribution is 0.110. The van der Waals surface area contributed by atoms with Gasteiger partial charge >= 0.3 is 6.09 Å². The molecule has 1 aliphatic rings. The predicted octanol–water partition coefficient (Wildman–Crippen LogP) is 2.17.